The summed E-state index contributed by atoms with van der Waals surface area (Å²) >= 11 is 0. The average Bonchev–Trinajstić information content (AvgIpc) is 2.81. The van der Waals surface area contributed by atoms with Gasteiger partial charge in [0.1, 0.15) is 11.8 Å². The minimum absolute atomic E-state index is 0.276. The highest BCUT2D eigenvalue weighted by Crippen LogP contribution is 2.17. The lowest BCUT2D eigenvalue weighted by Gasteiger charge is -2.19. The van der Waals surface area contributed by atoms with Crippen molar-refractivity contribution in [2.24, 2.45) is 0 Å². The van der Waals surface area contributed by atoms with E-state index in [9.17, 15) is 5.11 Å². The van der Waals surface area contributed by atoms with Gasteiger partial charge in [-0.15, -0.1) is 0 Å². The number of aromatic nitrogens is 4. The summed E-state index contributed by atoms with van der Waals surface area (Å²) in [4.78, 5) is 14.1. The van der Waals surface area contributed by atoms with E-state index in [0.29, 0.717) is 24.3 Å². The van der Waals surface area contributed by atoms with Gasteiger partial charge >= 0.3 is 0 Å². The van der Waals surface area contributed by atoms with Gasteiger partial charge < -0.3 is 14.6 Å². The number of nitrogens with one attached hydrogen (secondary N) is 1. The molecule has 1 unspecified atom stereocenters. The second-order valence-corrected chi connectivity index (χ2v) is 4.41. The fourth-order valence-electron chi connectivity index (χ4n) is 1.90. The van der Waals surface area contributed by atoms with Gasteiger partial charge in [0.25, 0.3) is 0 Å². The first kappa shape index (κ1) is 13.7. The third-order valence-corrected chi connectivity index (χ3v) is 2.99. The molecule has 3 N–H and O–H groups in total. The molecule has 104 valence electrons. The van der Waals surface area contributed by atoms with Crippen molar-refractivity contribution in [3.8, 4) is 0 Å². The van der Waals surface area contributed by atoms with E-state index < -0.39 is 6.10 Å². The predicted octanol–water partition coefficient (Wildman–Crippen LogP) is -0.0600. The van der Waals surface area contributed by atoms with E-state index in [-0.39, 0.29) is 5.82 Å². The number of nitrogens with zero attached hydrogens (tertiary/aromatic N) is 5. The molecular formula is C11H18N6O2. The SMILES string of the molecule is CCN(C)CC(O)Cn1cnc2ncnc(NO)c21. The van der Waals surface area contributed by atoms with E-state index in [4.69, 9.17) is 5.21 Å². The van der Waals surface area contributed by atoms with Crippen LogP contribution in [0.1, 0.15) is 6.92 Å². The topological polar surface area (TPSA) is 99.3 Å². The maximum absolute atomic E-state index is 10.0. The van der Waals surface area contributed by atoms with Crippen LogP contribution < -0.4 is 5.48 Å². The summed E-state index contributed by atoms with van der Waals surface area (Å²) in [5.74, 6) is 0.276. The lowest BCUT2D eigenvalue weighted by Crippen LogP contribution is -2.31. The second kappa shape index (κ2) is 5.91. The van der Waals surface area contributed by atoms with Crippen molar-refractivity contribution in [2.45, 2.75) is 19.6 Å². The largest absolute Gasteiger partial charge is 0.390 e. The normalized spacial score (nSPS) is 13.1. The van der Waals surface area contributed by atoms with Crippen LogP contribution in [-0.4, -0.2) is 61.0 Å². The lowest BCUT2D eigenvalue weighted by atomic mass is 10.3. The smallest absolute Gasteiger partial charge is 0.183 e. The van der Waals surface area contributed by atoms with Gasteiger partial charge in [-0.3, -0.25) is 10.7 Å². The zero-order chi connectivity index (χ0) is 13.8. The molecule has 2 aromatic heterocycles. The Hall–Kier alpha value is -1.77. The maximum atomic E-state index is 10.0. The predicted molar refractivity (Wildman–Crippen MR) is 69.9 cm³/mol. The summed E-state index contributed by atoms with van der Waals surface area (Å²) < 4.78 is 1.72. The molecule has 2 aromatic rings. The summed E-state index contributed by atoms with van der Waals surface area (Å²) in [6, 6.07) is 0. The minimum atomic E-state index is -0.533. The molecule has 0 aliphatic heterocycles. The zero-order valence-electron chi connectivity index (χ0n) is 11.0. The summed E-state index contributed by atoms with van der Waals surface area (Å²) in [6.45, 7) is 3.82. The highest BCUT2D eigenvalue weighted by molar-refractivity contribution is 5.82. The number of aliphatic hydroxyl groups is 1. The Kier molecular flexibility index (Phi) is 4.25. The van der Waals surface area contributed by atoms with E-state index >= 15 is 0 Å². The Morgan fingerprint density at radius 1 is 1.42 bits per heavy atom. The van der Waals surface area contributed by atoms with Gasteiger partial charge in [-0.25, -0.2) is 15.0 Å². The molecule has 0 saturated carbocycles. The molecule has 0 aliphatic rings. The van der Waals surface area contributed by atoms with Gasteiger partial charge in [-0.1, -0.05) is 6.92 Å². The third kappa shape index (κ3) is 2.98. The number of rotatable bonds is 6. The number of hydrogen-bond donors (Lipinski definition) is 3. The maximum Gasteiger partial charge on any atom is 0.183 e. The number of aliphatic hydroxyl groups excluding tert-OH is 1. The fraction of sp³-hybridized carbons (Fsp3) is 0.545. The van der Waals surface area contributed by atoms with Gasteiger partial charge in [0.2, 0.25) is 0 Å². The van der Waals surface area contributed by atoms with Crippen molar-refractivity contribution in [3.05, 3.63) is 12.7 Å². The van der Waals surface area contributed by atoms with Crippen molar-refractivity contribution < 1.29 is 10.3 Å². The Morgan fingerprint density at radius 2 is 2.21 bits per heavy atom. The van der Waals surface area contributed by atoms with Crippen molar-refractivity contribution in [1.29, 1.82) is 0 Å². The standard InChI is InChI=1S/C11H18N6O2/c1-3-16(2)4-8(18)5-17-7-14-10-9(17)11(15-19)13-6-12-10/h6-8,18-19H,3-5H2,1-2H3,(H,12,13,15). The quantitative estimate of drug-likeness (QED) is 0.630. The third-order valence-electron chi connectivity index (χ3n) is 2.99. The first-order chi connectivity index (χ1) is 9.15. The van der Waals surface area contributed by atoms with E-state index in [2.05, 4.69) is 15.0 Å². The van der Waals surface area contributed by atoms with Crippen LogP contribution >= 0.6 is 0 Å². The highest BCUT2D eigenvalue weighted by atomic mass is 16.5. The summed E-state index contributed by atoms with van der Waals surface area (Å²) in [5.41, 5.74) is 3.06. The number of hydrogen-bond acceptors (Lipinski definition) is 7. The fourth-order valence-corrected chi connectivity index (χ4v) is 1.90. The molecule has 19 heavy (non-hydrogen) atoms. The molecular weight excluding hydrogens is 248 g/mol. The van der Waals surface area contributed by atoms with Crippen molar-refractivity contribution in [3.63, 3.8) is 0 Å². The Labute approximate surface area is 110 Å². The van der Waals surface area contributed by atoms with E-state index in [1.807, 2.05) is 24.4 Å². The van der Waals surface area contributed by atoms with E-state index in [1.54, 1.807) is 10.9 Å². The van der Waals surface area contributed by atoms with Crippen molar-refractivity contribution in [1.82, 2.24) is 24.4 Å². The number of likely N-dealkylation sites (N-methyl/N-ethyl adjacent to an activating group) is 1. The Bertz CT molecular complexity index is 543. The Balaban J connectivity index is 2.21. The molecule has 0 amide bonds. The lowest BCUT2D eigenvalue weighted by molar-refractivity contribution is 0.113. The molecule has 0 spiro atoms. The van der Waals surface area contributed by atoms with Crippen LogP contribution in [0, 0.1) is 0 Å². The molecule has 0 aliphatic carbocycles. The molecule has 1 atom stereocenters. The van der Waals surface area contributed by atoms with Crippen LogP contribution in [0.3, 0.4) is 0 Å². The molecule has 2 heterocycles. The van der Waals surface area contributed by atoms with Gasteiger partial charge in [-0.05, 0) is 13.6 Å². The van der Waals surface area contributed by atoms with Crippen LogP contribution in [0.4, 0.5) is 5.82 Å². The highest BCUT2D eigenvalue weighted by Gasteiger charge is 2.14. The molecule has 0 bridgehead atoms. The number of imidazole rings is 1. The molecule has 8 nitrogen and oxygen atoms in total. The van der Waals surface area contributed by atoms with Crippen LogP contribution in [0.25, 0.3) is 11.2 Å². The second-order valence-electron chi connectivity index (χ2n) is 4.41. The van der Waals surface area contributed by atoms with Gasteiger partial charge in [-0.2, -0.15) is 0 Å². The molecule has 0 saturated heterocycles. The monoisotopic (exact) mass is 266 g/mol. The molecule has 0 radical (unpaired) electrons. The van der Waals surface area contributed by atoms with Crippen LogP contribution in [0.2, 0.25) is 0 Å². The van der Waals surface area contributed by atoms with E-state index in [0.717, 1.165) is 6.54 Å². The molecule has 0 aromatic carbocycles. The van der Waals surface area contributed by atoms with Crippen molar-refractivity contribution >= 4 is 17.0 Å². The minimum Gasteiger partial charge on any atom is -0.390 e. The molecule has 2 rings (SSSR count). The van der Waals surface area contributed by atoms with Crippen LogP contribution in [0.5, 0.6) is 0 Å². The number of anilines is 1. The summed E-state index contributed by atoms with van der Waals surface area (Å²) in [7, 11) is 1.94. The summed E-state index contributed by atoms with van der Waals surface area (Å²) in [6.07, 6.45) is 2.36. The summed E-state index contributed by atoms with van der Waals surface area (Å²) in [5, 5.41) is 19.1. The average molecular weight is 266 g/mol. The molecule has 8 heteroatoms. The van der Waals surface area contributed by atoms with Gasteiger partial charge in [0.05, 0.1) is 19.0 Å². The Morgan fingerprint density at radius 3 is 2.89 bits per heavy atom. The number of fused-ring (bicyclic) bond motifs is 1. The van der Waals surface area contributed by atoms with E-state index in [1.165, 1.54) is 6.33 Å². The van der Waals surface area contributed by atoms with Gasteiger partial charge in [0, 0.05) is 6.54 Å². The van der Waals surface area contributed by atoms with Crippen LogP contribution in [0.15, 0.2) is 12.7 Å². The zero-order valence-corrected chi connectivity index (χ0v) is 11.0. The first-order valence-corrected chi connectivity index (χ1v) is 6.08. The first-order valence-electron chi connectivity index (χ1n) is 6.08. The van der Waals surface area contributed by atoms with Crippen molar-refractivity contribution in [2.75, 3.05) is 25.6 Å². The molecule has 0 fully saturated rings. The van der Waals surface area contributed by atoms with Gasteiger partial charge in [0.15, 0.2) is 11.5 Å². The van der Waals surface area contributed by atoms with Crippen LogP contribution in [-0.2, 0) is 6.54 Å².